The molecule has 0 aliphatic heterocycles. The molecule has 0 saturated carbocycles. The first kappa shape index (κ1) is 16.6. The summed E-state index contributed by atoms with van der Waals surface area (Å²) in [6.07, 6.45) is 2.06. The molecule has 22 heavy (non-hydrogen) atoms. The van der Waals surface area contributed by atoms with Crippen LogP contribution in [0, 0.1) is 0 Å². The van der Waals surface area contributed by atoms with Gasteiger partial charge in [-0.25, -0.2) is 8.42 Å². The van der Waals surface area contributed by atoms with Crippen molar-refractivity contribution in [2.24, 2.45) is 0 Å². The van der Waals surface area contributed by atoms with E-state index < -0.39 is 10.0 Å². The topological polar surface area (TPSA) is 55.4 Å². The second-order valence-corrected chi connectivity index (χ2v) is 6.90. The lowest BCUT2D eigenvalue weighted by atomic mass is 10.3. The lowest BCUT2D eigenvalue weighted by Gasteiger charge is -2.09. The zero-order valence-electron chi connectivity index (χ0n) is 12.3. The van der Waals surface area contributed by atoms with Crippen molar-refractivity contribution < 1.29 is 13.2 Å². The molecule has 0 spiro atoms. The largest absolute Gasteiger partial charge is 0.494 e. The molecule has 2 rings (SSSR count). The van der Waals surface area contributed by atoms with E-state index in [-0.39, 0.29) is 4.90 Å². The van der Waals surface area contributed by atoms with Gasteiger partial charge in [-0.15, -0.1) is 0 Å². The molecule has 6 heteroatoms. The molecule has 0 aliphatic rings. The van der Waals surface area contributed by atoms with Gasteiger partial charge in [-0.05, 0) is 55.0 Å². The molecule has 118 valence electrons. The lowest BCUT2D eigenvalue weighted by molar-refractivity contribution is 0.309. The van der Waals surface area contributed by atoms with Gasteiger partial charge in [-0.1, -0.05) is 24.9 Å². The summed E-state index contributed by atoms with van der Waals surface area (Å²) in [6, 6.07) is 12.9. The first-order valence-corrected chi connectivity index (χ1v) is 8.88. The summed E-state index contributed by atoms with van der Waals surface area (Å²) in [5.41, 5.74) is 0.484. The van der Waals surface area contributed by atoms with Crippen molar-refractivity contribution in [1.29, 1.82) is 0 Å². The van der Waals surface area contributed by atoms with Crippen molar-refractivity contribution in [2.75, 3.05) is 11.3 Å². The summed E-state index contributed by atoms with van der Waals surface area (Å²) in [7, 11) is -3.61. The Hall–Kier alpha value is -1.72. The van der Waals surface area contributed by atoms with Crippen LogP contribution in [0.2, 0.25) is 5.02 Å². The quantitative estimate of drug-likeness (QED) is 0.764. The van der Waals surface area contributed by atoms with Crippen LogP contribution in [0.25, 0.3) is 0 Å². The third-order valence-electron chi connectivity index (χ3n) is 3.00. The summed E-state index contributed by atoms with van der Waals surface area (Å²) in [4.78, 5) is 0.167. The Kier molecular flexibility index (Phi) is 5.69. The van der Waals surface area contributed by atoms with Crippen molar-refractivity contribution in [3.05, 3.63) is 53.6 Å². The van der Waals surface area contributed by atoms with Crippen LogP contribution in [-0.4, -0.2) is 15.0 Å². The van der Waals surface area contributed by atoms with Gasteiger partial charge >= 0.3 is 0 Å². The van der Waals surface area contributed by atoms with E-state index in [9.17, 15) is 8.42 Å². The van der Waals surface area contributed by atoms with Gasteiger partial charge in [0.1, 0.15) is 5.75 Å². The number of benzene rings is 2. The molecule has 0 bridgehead atoms. The van der Waals surface area contributed by atoms with E-state index in [4.69, 9.17) is 16.3 Å². The maximum absolute atomic E-state index is 12.2. The molecular weight excluding hydrogens is 322 g/mol. The van der Waals surface area contributed by atoms with Crippen LogP contribution in [0.1, 0.15) is 19.8 Å². The standard InChI is InChI=1S/C16H18ClNO3S/c1-2-3-12-21-15-8-6-14(7-9-15)18-22(19,20)16-10-4-13(17)5-11-16/h4-11,18H,2-3,12H2,1H3. The molecule has 0 fully saturated rings. The number of unbranched alkanes of at least 4 members (excludes halogenated alkanes) is 1. The van der Waals surface area contributed by atoms with E-state index in [2.05, 4.69) is 11.6 Å². The van der Waals surface area contributed by atoms with Gasteiger partial charge in [0, 0.05) is 10.7 Å². The molecule has 0 saturated heterocycles. The van der Waals surface area contributed by atoms with Crippen LogP contribution < -0.4 is 9.46 Å². The predicted octanol–water partition coefficient (Wildman–Crippen LogP) is 4.32. The van der Waals surface area contributed by atoms with Crippen LogP contribution in [0.15, 0.2) is 53.4 Å². The third-order valence-corrected chi connectivity index (χ3v) is 4.65. The maximum atomic E-state index is 12.2. The molecule has 2 aromatic rings. The summed E-state index contributed by atoms with van der Waals surface area (Å²) in [5, 5.41) is 0.493. The van der Waals surface area contributed by atoms with Gasteiger partial charge in [0.05, 0.1) is 11.5 Å². The summed E-state index contributed by atoms with van der Waals surface area (Å²) in [6.45, 7) is 2.75. The first-order chi connectivity index (χ1) is 10.5. The van der Waals surface area contributed by atoms with Crippen molar-refractivity contribution in [3.63, 3.8) is 0 Å². The number of rotatable bonds is 7. The summed E-state index contributed by atoms with van der Waals surface area (Å²) >= 11 is 5.76. The highest BCUT2D eigenvalue weighted by Gasteiger charge is 2.13. The molecule has 2 aromatic carbocycles. The summed E-state index contributed by atoms with van der Waals surface area (Å²) < 4.78 is 32.5. The van der Waals surface area contributed by atoms with Crippen molar-refractivity contribution >= 4 is 27.3 Å². The average molecular weight is 340 g/mol. The Morgan fingerprint density at radius 1 is 1.05 bits per heavy atom. The molecular formula is C16H18ClNO3S. The van der Waals surface area contributed by atoms with Gasteiger partial charge in [0.15, 0.2) is 0 Å². The Balaban J connectivity index is 2.05. The number of ether oxygens (including phenoxy) is 1. The van der Waals surface area contributed by atoms with E-state index in [1.807, 2.05) is 0 Å². The normalized spacial score (nSPS) is 11.2. The van der Waals surface area contributed by atoms with Crippen LogP contribution in [0.4, 0.5) is 5.69 Å². The molecule has 0 radical (unpaired) electrons. The van der Waals surface area contributed by atoms with Crippen LogP contribution in [-0.2, 0) is 10.0 Å². The molecule has 1 N–H and O–H groups in total. The van der Waals surface area contributed by atoms with E-state index in [0.29, 0.717) is 17.3 Å². The fourth-order valence-corrected chi connectivity index (χ4v) is 2.97. The van der Waals surface area contributed by atoms with Crippen LogP contribution >= 0.6 is 11.6 Å². The highest BCUT2D eigenvalue weighted by molar-refractivity contribution is 7.92. The molecule has 0 aliphatic carbocycles. The number of anilines is 1. The monoisotopic (exact) mass is 339 g/mol. The number of halogens is 1. The molecule has 0 atom stereocenters. The minimum atomic E-state index is -3.61. The first-order valence-electron chi connectivity index (χ1n) is 7.02. The van der Waals surface area contributed by atoms with E-state index in [1.54, 1.807) is 36.4 Å². The molecule has 0 heterocycles. The Labute approximate surface area is 136 Å². The molecule has 0 unspecified atom stereocenters. The highest BCUT2D eigenvalue weighted by atomic mass is 35.5. The number of hydrogen-bond acceptors (Lipinski definition) is 3. The van der Waals surface area contributed by atoms with Crippen molar-refractivity contribution in [3.8, 4) is 5.75 Å². The zero-order chi connectivity index (χ0) is 16.0. The van der Waals surface area contributed by atoms with E-state index >= 15 is 0 Å². The van der Waals surface area contributed by atoms with Crippen LogP contribution in [0.3, 0.4) is 0 Å². The van der Waals surface area contributed by atoms with Gasteiger partial charge in [0.25, 0.3) is 10.0 Å². The third kappa shape index (κ3) is 4.64. The fourth-order valence-electron chi connectivity index (χ4n) is 1.78. The second kappa shape index (κ2) is 7.51. The lowest BCUT2D eigenvalue weighted by Crippen LogP contribution is -2.12. The SMILES string of the molecule is CCCCOc1ccc(NS(=O)(=O)c2ccc(Cl)cc2)cc1. The minimum Gasteiger partial charge on any atom is -0.494 e. The number of hydrogen-bond donors (Lipinski definition) is 1. The van der Waals surface area contributed by atoms with E-state index in [1.165, 1.54) is 12.1 Å². The van der Waals surface area contributed by atoms with Crippen LogP contribution in [0.5, 0.6) is 5.75 Å². The molecule has 0 aromatic heterocycles. The Morgan fingerprint density at radius 2 is 1.68 bits per heavy atom. The highest BCUT2D eigenvalue weighted by Crippen LogP contribution is 2.20. The number of sulfonamides is 1. The van der Waals surface area contributed by atoms with Gasteiger partial charge in [-0.2, -0.15) is 0 Å². The summed E-state index contributed by atoms with van der Waals surface area (Å²) in [5.74, 6) is 0.725. The van der Waals surface area contributed by atoms with Gasteiger partial charge in [0.2, 0.25) is 0 Å². The smallest absolute Gasteiger partial charge is 0.261 e. The molecule has 0 amide bonds. The average Bonchev–Trinajstić information content (AvgIpc) is 2.49. The van der Waals surface area contributed by atoms with Gasteiger partial charge in [-0.3, -0.25) is 4.72 Å². The minimum absolute atomic E-state index is 0.167. The molecule has 4 nitrogen and oxygen atoms in total. The van der Waals surface area contributed by atoms with Crippen molar-refractivity contribution in [2.45, 2.75) is 24.7 Å². The maximum Gasteiger partial charge on any atom is 0.261 e. The Bertz CT molecular complexity index is 697. The van der Waals surface area contributed by atoms with E-state index in [0.717, 1.165) is 18.6 Å². The van der Waals surface area contributed by atoms with Gasteiger partial charge < -0.3 is 4.74 Å². The van der Waals surface area contributed by atoms with Crippen molar-refractivity contribution in [1.82, 2.24) is 0 Å². The fraction of sp³-hybridized carbons (Fsp3) is 0.250. The Morgan fingerprint density at radius 3 is 2.27 bits per heavy atom. The second-order valence-electron chi connectivity index (χ2n) is 4.79. The number of nitrogens with one attached hydrogen (secondary N) is 1. The zero-order valence-corrected chi connectivity index (χ0v) is 13.8. The predicted molar refractivity (Wildman–Crippen MR) is 89.1 cm³/mol.